The average Bonchev–Trinajstić information content (AvgIpc) is 2.67. The van der Waals surface area contributed by atoms with Crippen molar-refractivity contribution in [2.45, 2.75) is 19.3 Å². The Morgan fingerprint density at radius 3 is 2.62 bits per heavy atom. The van der Waals surface area contributed by atoms with Crippen molar-refractivity contribution >= 4 is 17.6 Å². The normalized spacial score (nSPS) is 17.6. The van der Waals surface area contributed by atoms with Gasteiger partial charge in [-0.2, -0.15) is 0 Å². The maximum Gasteiger partial charge on any atom is 0.310 e. The smallest absolute Gasteiger partial charge is 0.310 e. The SMILES string of the molecule is O=C(O)C1(Cc2cccc(Cl)c2)CC=CC1. The molecule has 0 saturated carbocycles. The zero-order chi connectivity index (χ0) is 11.6. The lowest BCUT2D eigenvalue weighted by Gasteiger charge is -2.23. The first-order chi connectivity index (χ1) is 7.62. The molecule has 84 valence electrons. The summed E-state index contributed by atoms with van der Waals surface area (Å²) in [7, 11) is 0. The number of aliphatic carboxylic acids is 1. The Morgan fingerprint density at radius 2 is 2.06 bits per heavy atom. The van der Waals surface area contributed by atoms with Crippen molar-refractivity contribution in [3.63, 3.8) is 0 Å². The highest BCUT2D eigenvalue weighted by Crippen LogP contribution is 2.37. The van der Waals surface area contributed by atoms with Gasteiger partial charge in [-0.1, -0.05) is 35.9 Å². The number of allylic oxidation sites excluding steroid dienone is 2. The second-order valence-electron chi connectivity index (χ2n) is 4.27. The lowest BCUT2D eigenvalue weighted by molar-refractivity contribution is -0.148. The van der Waals surface area contributed by atoms with E-state index in [1.807, 2.05) is 30.4 Å². The summed E-state index contributed by atoms with van der Waals surface area (Å²) in [5.74, 6) is -0.725. The Kier molecular flexibility index (Phi) is 3.01. The molecule has 2 rings (SSSR count). The van der Waals surface area contributed by atoms with E-state index < -0.39 is 11.4 Å². The number of carboxylic acid groups (broad SMARTS) is 1. The average molecular weight is 237 g/mol. The molecule has 1 aliphatic rings. The number of benzene rings is 1. The molecule has 1 aromatic carbocycles. The zero-order valence-corrected chi connectivity index (χ0v) is 9.57. The number of rotatable bonds is 3. The molecule has 0 amide bonds. The summed E-state index contributed by atoms with van der Waals surface area (Å²) in [6, 6.07) is 7.42. The quantitative estimate of drug-likeness (QED) is 0.818. The number of hydrogen-bond donors (Lipinski definition) is 1. The van der Waals surface area contributed by atoms with Crippen LogP contribution >= 0.6 is 11.6 Å². The molecule has 1 aliphatic carbocycles. The molecular weight excluding hydrogens is 224 g/mol. The van der Waals surface area contributed by atoms with Gasteiger partial charge in [-0.3, -0.25) is 4.79 Å². The summed E-state index contributed by atoms with van der Waals surface area (Å²) in [4.78, 5) is 11.3. The lowest BCUT2D eigenvalue weighted by Crippen LogP contribution is -2.30. The van der Waals surface area contributed by atoms with Gasteiger partial charge in [-0.25, -0.2) is 0 Å². The van der Waals surface area contributed by atoms with Crippen LogP contribution in [-0.4, -0.2) is 11.1 Å². The number of halogens is 1. The Morgan fingerprint density at radius 1 is 1.38 bits per heavy atom. The van der Waals surface area contributed by atoms with Gasteiger partial charge in [0.15, 0.2) is 0 Å². The van der Waals surface area contributed by atoms with Crippen molar-refractivity contribution < 1.29 is 9.90 Å². The third kappa shape index (κ3) is 2.12. The Labute approximate surface area is 99.5 Å². The van der Waals surface area contributed by atoms with Gasteiger partial charge in [0.2, 0.25) is 0 Å². The summed E-state index contributed by atoms with van der Waals surface area (Å²) in [5.41, 5.74) is 0.323. The van der Waals surface area contributed by atoms with Crippen LogP contribution in [0.3, 0.4) is 0 Å². The molecule has 1 N–H and O–H groups in total. The van der Waals surface area contributed by atoms with Gasteiger partial charge in [0.1, 0.15) is 0 Å². The molecule has 0 aromatic heterocycles. The third-order valence-corrected chi connectivity index (χ3v) is 3.30. The molecule has 0 aliphatic heterocycles. The van der Waals surface area contributed by atoms with E-state index in [1.54, 1.807) is 6.07 Å². The van der Waals surface area contributed by atoms with Crippen molar-refractivity contribution in [1.82, 2.24) is 0 Å². The van der Waals surface area contributed by atoms with E-state index in [9.17, 15) is 9.90 Å². The first-order valence-electron chi connectivity index (χ1n) is 5.25. The summed E-state index contributed by atoms with van der Waals surface area (Å²) in [6.45, 7) is 0. The maximum atomic E-state index is 11.3. The van der Waals surface area contributed by atoms with E-state index >= 15 is 0 Å². The molecule has 0 heterocycles. The molecule has 16 heavy (non-hydrogen) atoms. The summed E-state index contributed by atoms with van der Waals surface area (Å²) < 4.78 is 0. The van der Waals surface area contributed by atoms with E-state index in [-0.39, 0.29) is 0 Å². The highest BCUT2D eigenvalue weighted by atomic mass is 35.5. The van der Waals surface area contributed by atoms with Crippen LogP contribution < -0.4 is 0 Å². The second kappa shape index (κ2) is 4.30. The molecular formula is C13H13ClO2. The van der Waals surface area contributed by atoms with Gasteiger partial charge >= 0.3 is 5.97 Å². The monoisotopic (exact) mass is 236 g/mol. The van der Waals surface area contributed by atoms with E-state index in [4.69, 9.17) is 11.6 Å². The van der Waals surface area contributed by atoms with Gasteiger partial charge in [-0.05, 0) is 37.0 Å². The molecule has 0 atom stereocenters. The van der Waals surface area contributed by atoms with Crippen LogP contribution in [0.1, 0.15) is 18.4 Å². The Balaban J connectivity index is 2.22. The van der Waals surface area contributed by atoms with Gasteiger partial charge in [0, 0.05) is 5.02 Å². The van der Waals surface area contributed by atoms with Crippen LogP contribution in [0.15, 0.2) is 36.4 Å². The first kappa shape index (κ1) is 11.2. The zero-order valence-electron chi connectivity index (χ0n) is 8.82. The molecule has 0 saturated heterocycles. The predicted molar refractivity (Wildman–Crippen MR) is 63.6 cm³/mol. The van der Waals surface area contributed by atoms with Crippen LogP contribution in [0.4, 0.5) is 0 Å². The summed E-state index contributed by atoms with van der Waals surface area (Å²) in [6.07, 6.45) is 5.64. The van der Waals surface area contributed by atoms with E-state index in [0.29, 0.717) is 24.3 Å². The highest BCUT2D eigenvalue weighted by molar-refractivity contribution is 6.30. The molecule has 0 fully saturated rings. The largest absolute Gasteiger partial charge is 0.481 e. The fraction of sp³-hybridized carbons (Fsp3) is 0.308. The number of carboxylic acids is 1. The van der Waals surface area contributed by atoms with Crippen molar-refractivity contribution in [2.24, 2.45) is 5.41 Å². The van der Waals surface area contributed by atoms with Crippen LogP contribution in [-0.2, 0) is 11.2 Å². The van der Waals surface area contributed by atoms with E-state index in [2.05, 4.69) is 0 Å². The van der Waals surface area contributed by atoms with Gasteiger partial charge in [0.25, 0.3) is 0 Å². The summed E-state index contributed by atoms with van der Waals surface area (Å²) in [5, 5.41) is 9.98. The van der Waals surface area contributed by atoms with Crippen molar-refractivity contribution in [2.75, 3.05) is 0 Å². The molecule has 2 nitrogen and oxygen atoms in total. The molecule has 0 radical (unpaired) electrons. The van der Waals surface area contributed by atoms with Crippen LogP contribution in [0.2, 0.25) is 5.02 Å². The van der Waals surface area contributed by atoms with Crippen LogP contribution in [0.25, 0.3) is 0 Å². The van der Waals surface area contributed by atoms with E-state index in [1.165, 1.54) is 0 Å². The molecule has 0 spiro atoms. The fourth-order valence-corrected chi connectivity index (χ4v) is 2.35. The minimum Gasteiger partial charge on any atom is -0.481 e. The predicted octanol–water partition coefficient (Wildman–Crippen LogP) is 3.30. The maximum absolute atomic E-state index is 11.3. The summed E-state index contributed by atoms with van der Waals surface area (Å²) >= 11 is 5.89. The van der Waals surface area contributed by atoms with Gasteiger partial charge < -0.3 is 5.11 Å². The molecule has 0 unspecified atom stereocenters. The van der Waals surface area contributed by atoms with E-state index in [0.717, 1.165) is 5.56 Å². The molecule has 1 aromatic rings. The van der Waals surface area contributed by atoms with Crippen molar-refractivity contribution in [3.05, 3.63) is 47.0 Å². The van der Waals surface area contributed by atoms with Gasteiger partial charge in [-0.15, -0.1) is 0 Å². The Hall–Kier alpha value is -1.28. The standard InChI is InChI=1S/C13H13ClO2/c14-11-5-3-4-10(8-11)9-13(12(15)16)6-1-2-7-13/h1-5,8H,6-7,9H2,(H,15,16). The number of carbonyl (C=O) groups is 1. The number of hydrogen-bond acceptors (Lipinski definition) is 1. The molecule has 0 bridgehead atoms. The lowest BCUT2D eigenvalue weighted by atomic mass is 9.79. The molecule has 3 heteroatoms. The van der Waals surface area contributed by atoms with Crippen molar-refractivity contribution in [3.8, 4) is 0 Å². The van der Waals surface area contributed by atoms with Crippen LogP contribution in [0, 0.1) is 5.41 Å². The van der Waals surface area contributed by atoms with Crippen LogP contribution in [0.5, 0.6) is 0 Å². The second-order valence-corrected chi connectivity index (χ2v) is 4.71. The van der Waals surface area contributed by atoms with Crippen molar-refractivity contribution in [1.29, 1.82) is 0 Å². The first-order valence-corrected chi connectivity index (χ1v) is 5.63. The Bertz CT molecular complexity index is 429. The van der Waals surface area contributed by atoms with Gasteiger partial charge in [0.05, 0.1) is 5.41 Å². The highest BCUT2D eigenvalue weighted by Gasteiger charge is 2.38. The minimum absolute atomic E-state index is 0.538. The fourth-order valence-electron chi connectivity index (χ4n) is 2.13. The minimum atomic E-state index is -0.725. The third-order valence-electron chi connectivity index (χ3n) is 3.07. The topological polar surface area (TPSA) is 37.3 Å².